The Kier molecular flexibility index (Phi) is 10.1. The highest BCUT2D eigenvalue weighted by molar-refractivity contribution is 6.39. The molecular formula is C27H29Cl2N7O5. The van der Waals surface area contributed by atoms with Crippen LogP contribution < -0.4 is 10.6 Å². The summed E-state index contributed by atoms with van der Waals surface area (Å²) in [5, 5.41) is 52.8. The van der Waals surface area contributed by atoms with E-state index >= 15 is 0 Å². The summed E-state index contributed by atoms with van der Waals surface area (Å²) < 4.78 is 0. The summed E-state index contributed by atoms with van der Waals surface area (Å²) in [7, 11) is 0. The van der Waals surface area contributed by atoms with Gasteiger partial charge in [0.05, 0.1) is 46.1 Å². The number of aliphatic hydroxyl groups is 3. The Labute approximate surface area is 245 Å². The zero-order valence-electron chi connectivity index (χ0n) is 21.8. The number of likely N-dealkylation sites (tertiary alicyclic amines) is 1. The van der Waals surface area contributed by atoms with E-state index in [-0.39, 0.29) is 47.7 Å². The molecule has 1 aliphatic heterocycles. The number of aliphatic imine (C=N–C) groups is 1. The Morgan fingerprint density at radius 3 is 2.68 bits per heavy atom. The number of aliphatic hydroxyl groups excluding tert-OH is 3. The number of guanidine groups is 1. The molecule has 41 heavy (non-hydrogen) atoms. The van der Waals surface area contributed by atoms with E-state index in [0.717, 1.165) is 16.5 Å². The van der Waals surface area contributed by atoms with Gasteiger partial charge >= 0.3 is 0 Å². The van der Waals surface area contributed by atoms with Gasteiger partial charge in [-0.2, -0.15) is 10.4 Å². The number of carbonyl (C=O) groups excluding carboxylic acids is 2. The fraction of sp³-hybridized carbons (Fsp3) is 0.370. The van der Waals surface area contributed by atoms with Crippen molar-refractivity contribution in [2.45, 2.75) is 37.0 Å². The average Bonchev–Trinajstić information content (AvgIpc) is 3.61. The monoisotopic (exact) mass is 601 g/mol. The number of nitrogens with zero attached hydrogens (tertiary/aromatic N) is 4. The zero-order valence-corrected chi connectivity index (χ0v) is 23.3. The number of nitrogens with one attached hydrogen (secondary N) is 3. The number of carbonyl (C=O) groups is 2. The van der Waals surface area contributed by atoms with Crippen molar-refractivity contribution < 1.29 is 24.9 Å². The first-order valence-electron chi connectivity index (χ1n) is 12.8. The number of aromatic amines is 1. The van der Waals surface area contributed by atoms with Crippen LogP contribution in [0.5, 0.6) is 0 Å². The van der Waals surface area contributed by atoms with Gasteiger partial charge in [0.15, 0.2) is 0 Å². The molecular weight excluding hydrogens is 573 g/mol. The standard InChI is InChI=1S/C27H29Cl2N7O5/c28-21-5-17(24(40)8-18(12-37)15-1-2-16-9-33-35-23(16)7-15)6-22(29)25(21)26(41)34-19(13-38)10-31-27(32-14-30)36-4-3-20(39)11-36/h1-2,5-7,9,13,18-20,24,37,39-40H,3-4,8,10-12H2,(H,31,32)(H,33,35)(H,34,41)/t18?,19-,20-,24?/m0/s1. The second-order valence-corrected chi connectivity index (χ2v) is 10.5. The van der Waals surface area contributed by atoms with E-state index in [1.165, 1.54) is 12.1 Å². The van der Waals surface area contributed by atoms with Gasteiger partial charge in [0, 0.05) is 30.9 Å². The zero-order chi connectivity index (χ0) is 29.5. The Bertz CT molecular complexity index is 1450. The molecule has 4 atom stereocenters. The van der Waals surface area contributed by atoms with Crippen LogP contribution >= 0.6 is 23.2 Å². The van der Waals surface area contributed by atoms with E-state index in [1.54, 1.807) is 17.3 Å². The highest BCUT2D eigenvalue weighted by atomic mass is 35.5. The molecule has 0 radical (unpaired) electrons. The minimum atomic E-state index is -1.05. The molecule has 1 fully saturated rings. The first kappa shape index (κ1) is 30.2. The summed E-state index contributed by atoms with van der Waals surface area (Å²) in [6.07, 6.45) is 2.97. The molecule has 216 valence electrons. The van der Waals surface area contributed by atoms with Crippen molar-refractivity contribution in [2.75, 3.05) is 26.2 Å². The molecule has 1 amide bonds. The third-order valence-corrected chi connectivity index (χ3v) is 7.52. The van der Waals surface area contributed by atoms with E-state index in [4.69, 9.17) is 28.5 Å². The molecule has 6 N–H and O–H groups in total. The molecule has 2 aromatic carbocycles. The minimum Gasteiger partial charge on any atom is -0.396 e. The van der Waals surface area contributed by atoms with Gasteiger partial charge in [0.25, 0.3) is 5.91 Å². The number of H-pyrrole nitrogens is 1. The van der Waals surface area contributed by atoms with Gasteiger partial charge in [-0.15, -0.1) is 4.99 Å². The molecule has 2 unspecified atom stereocenters. The highest BCUT2D eigenvalue weighted by Gasteiger charge is 2.26. The molecule has 1 aromatic heterocycles. The molecule has 4 rings (SSSR count). The lowest BCUT2D eigenvalue weighted by Gasteiger charge is -2.22. The van der Waals surface area contributed by atoms with Gasteiger partial charge in [0.2, 0.25) is 12.2 Å². The van der Waals surface area contributed by atoms with E-state index in [0.29, 0.717) is 24.8 Å². The van der Waals surface area contributed by atoms with Crippen LogP contribution in [0.2, 0.25) is 10.0 Å². The number of aldehydes is 1. The Hall–Kier alpha value is -3.73. The van der Waals surface area contributed by atoms with Crippen LogP contribution in [-0.4, -0.2) is 87.0 Å². The molecule has 14 heteroatoms. The predicted molar refractivity (Wildman–Crippen MR) is 153 cm³/mol. The number of fused-ring (bicyclic) bond motifs is 1. The Balaban J connectivity index is 1.41. The topological polar surface area (TPSA) is 187 Å². The number of benzene rings is 2. The molecule has 1 saturated heterocycles. The van der Waals surface area contributed by atoms with E-state index < -0.39 is 30.1 Å². The second kappa shape index (κ2) is 13.8. The van der Waals surface area contributed by atoms with Gasteiger partial charge < -0.3 is 35.6 Å². The van der Waals surface area contributed by atoms with Gasteiger partial charge in [-0.25, -0.2) is 0 Å². The van der Waals surface area contributed by atoms with Crippen molar-refractivity contribution in [3.8, 4) is 6.19 Å². The Morgan fingerprint density at radius 1 is 1.29 bits per heavy atom. The summed E-state index contributed by atoms with van der Waals surface area (Å²) >= 11 is 12.8. The summed E-state index contributed by atoms with van der Waals surface area (Å²) in [4.78, 5) is 30.1. The van der Waals surface area contributed by atoms with Gasteiger partial charge in [-0.3, -0.25) is 9.89 Å². The first-order chi connectivity index (χ1) is 19.7. The smallest absolute Gasteiger partial charge is 0.254 e. The number of hydrogen-bond donors (Lipinski definition) is 6. The van der Waals surface area contributed by atoms with Gasteiger partial charge in [0.1, 0.15) is 12.3 Å². The van der Waals surface area contributed by atoms with Crippen molar-refractivity contribution in [2.24, 2.45) is 4.99 Å². The van der Waals surface area contributed by atoms with Gasteiger partial charge in [-0.1, -0.05) is 35.3 Å². The normalized spacial score (nSPS) is 17.6. The first-order valence-corrected chi connectivity index (χ1v) is 13.6. The molecule has 0 bridgehead atoms. The number of rotatable bonds is 10. The number of amides is 1. The maximum Gasteiger partial charge on any atom is 0.254 e. The number of β-amino-alcohol motifs (C(OH)–C–C–N with tert-alkyl or cyclic N) is 1. The minimum absolute atomic E-state index is 0.0288. The van der Waals surface area contributed by atoms with Gasteiger partial charge in [-0.05, 0) is 42.2 Å². The third-order valence-electron chi connectivity index (χ3n) is 6.92. The molecule has 0 aliphatic carbocycles. The van der Waals surface area contributed by atoms with Crippen LogP contribution in [0.4, 0.5) is 0 Å². The lowest BCUT2D eigenvalue weighted by molar-refractivity contribution is -0.109. The number of halogens is 2. The van der Waals surface area contributed by atoms with Crippen molar-refractivity contribution in [3.63, 3.8) is 0 Å². The van der Waals surface area contributed by atoms with Crippen molar-refractivity contribution in [1.29, 1.82) is 5.26 Å². The molecule has 0 saturated carbocycles. The van der Waals surface area contributed by atoms with Crippen LogP contribution in [0.25, 0.3) is 10.9 Å². The second-order valence-electron chi connectivity index (χ2n) is 9.73. The lowest BCUT2D eigenvalue weighted by atomic mass is 9.90. The molecule has 12 nitrogen and oxygen atoms in total. The van der Waals surface area contributed by atoms with E-state index in [1.807, 2.05) is 18.2 Å². The molecule has 0 spiro atoms. The van der Waals surface area contributed by atoms with E-state index in [2.05, 4.69) is 25.8 Å². The predicted octanol–water partition coefficient (Wildman–Crippen LogP) is 1.86. The van der Waals surface area contributed by atoms with Crippen LogP contribution in [-0.2, 0) is 4.79 Å². The van der Waals surface area contributed by atoms with Crippen LogP contribution in [0, 0.1) is 11.5 Å². The fourth-order valence-corrected chi connectivity index (χ4v) is 5.39. The maximum atomic E-state index is 13.0. The fourth-order valence-electron chi connectivity index (χ4n) is 4.71. The number of hydrogen-bond acceptors (Lipinski definition) is 8. The highest BCUT2D eigenvalue weighted by Crippen LogP contribution is 2.34. The van der Waals surface area contributed by atoms with Crippen molar-refractivity contribution >= 4 is 52.3 Å². The average molecular weight is 602 g/mol. The SMILES string of the molecule is N#C/N=C(\NC[C@@H](C=O)NC(=O)c1c(Cl)cc(C(O)CC(CO)c2ccc3cn[nH]c3c2)cc1Cl)N1CC[C@H](O)C1. The summed E-state index contributed by atoms with van der Waals surface area (Å²) in [6, 6.07) is 7.43. The molecule has 2 heterocycles. The molecule has 3 aromatic rings. The maximum absolute atomic E-state index is 13.0. The van der Waals surface area contributed by atoms with E-state index in [9.17, 15) is 24.9 Å². The summed E-state index contributed by atoms with van der Waals surface area (Å²) in [6.45, 7) is 0.475. The quantitative estimate of drug-likeness (QED) is 0.0872. The van der Waals surface area contributed by atoms with Crippen LogP contribution in [0.1, 0.15) is 46.3 Å². The van der Waals surface area contributed by atoms with Crippen molar-refractivity contribution in [3.05, 3.63) is 63.3 Å². The summed E-state index contributed by atoms with van der Waals surface area (Å²) in [5.41, 5.74) is 1.91. The lowest BCUT2D eigenvalue weighted by Crippen LogP contribution is -2.48. The van der Waals surface area contributed by atoms with Crippen LogP contribution in [0.15, 0.2) is 41.5 Å². The number of nitriles is 1. The largest absolute Gasteiger partial charge is 0.396 e. The van der Waals surface area contributed by atoms with Crippen molar-refractivity contribution in [1.82, 2.24) is 25.7 Å². The summed E-state index contributed by atoms with van der Waals surface area (Å²) in [5.74, 6) is -0.918. The Morgan fingerprint density at radius 2 is 2.05 bits per heavy atom. The van der Waals surface area contributed by atoms with Crippen LogP contribution in [0.3, 0.4) is 0 Å². The number of aromatic nitrogens is 2. The third kappa shape index (κ3) is 7.32. The molecule has 1 aliphatic rings.